The van der Waals surface area contributed by atoms with Gasteiger partial charge < -0.3 is 15.8 Å². The summed E-state index contributed by atoms with van der Waals surface area (Å²) >= 11 is 0. The van der Waals surface area contributed by atoms with E-state index in [0.29, 0.717) is 17.2 Å². The molecule has 1 atom stereocenters. The molecule has 3 aromatic carbocycles. The van der Waals surface area contributed by atoms with Crippen molar-refractivity contribution in [3.05, 3.63) is 88.5 Å². The average Bonchev–Trinajstić information content (AvgIpc) is 3.45. The SMILES string of the molecule is Cc1cc(OC(c2ccc(C(=O)NC/C(N)=N/N=N)cc2)C2CCCC2)cc(C)c1-c1ccc(C(F)(F)F)cc1. The first-order valence-corrected chi connectivity index (χ1v) is 13.1. The van der Waals surface area contributed by atoms with Crippen LogP contribution in [0.15, 0.2) is 71.0 Å². The number of alkyl halides is 3. The molecule has 0 bridgehead atoms. The maximum absolute atomic E-state index is 13.0. The van der Waals surface area contributed by atoms with Gasteiger partial charge in [-0.3, -0.25) is 4.79 Å². The van der Waals surface area contributed by atoms with E-state index in [1.165, 1.54) is 12.1 Å². The molecular weight excluding hydrogens is 519 g/mol. The zero-order valence-electron chi connectivity index (χ0n) is 22.4. The highest BCUT2D eigenvalue weighted by Crippen LogP contribution is 2.41. The summed E-state index contributed by atoms with van der Waals surface area (Å²) in [6.45, 7) is 3.85. The molecule has 4 N–H and O–H groups in total. The molecule has 0 spiro atoms. The fraction of sp³-hybridized carbons (Fsp3) is 0.333. The van der Waals surface area contributed by atoms with Crippen LogP contribution in [0.3, 0.4) is 0 Å². The van der Waals surface area contributed by atoms with Gasteiger partial charge in [0.05, 0.1) is 12.1 Å². The van der Waals surface area contributed by atoms with Gasteiger partial charge in [-0.25, -0.2) is 0 Å². The standard InChI is InChI=1S/C30H32F3N5O2/c1-18-15-25(16-19(2)27(18)20-11-13-24(14-12-20)30(31,32)33)40-28(21-5-3-4-6-21)22-7-9-23(10-8-22)29(39)36-17-26(34)37-38-35/h7-16,21,28H,3-6,17H2,1-2H3,(H,36,39)(H3,34,35,37). The van der Waals surface area contributed by atoms with E-state index in [1.54, 1.807) is 12.1 Å². The van der Waals surface area contributed by atoms with Crippen molar-refractivity contribution in [2.45, 2.75) is 51.8 Å². The molecule has 210 valence electrons. The van der Waals surface area contributed by atoms with Gasteiger partial charge in [0.25, 0.3) is 5.91 Å². The molecule has 0 heterocycles. The van der Waals surface area contributed by atoms with Crippen molar-refractivity contribution < 1.29 is 22.7 Å². The summed E-state index contributed by atoms with van der Waals surface area (Å²) < 4.78 is 45.7. The zero-order chi connectivity index (χ0) is 28.9. The number of amidine groups is 1. The number of nitrogens with two attached hydrogens (primary N) is 1. The molecule has 0 saturated heterocycles. The van der Waals surface area contributed by atoms with Crippen LogP contribution in [0.1, 0.15) is 64.4 Å². The minimum Gasteiger partial charge on any atom is -0.485 e. The van der Waals surface area contributed by atoms with Crippen molar-refractivity contribution in [1.82, 2.24) is 5.32 Å². The Morgan fingerprint density at radius 1 is 1.05 bits per heavy atom. The normalized spacial score (nSPS) is 15.1. The minimum absolute atomic E-state index is 0.0159. The number of amides is 1. The maximum atomic E-state index is 13.0. The zero-order valence-corrected chi connectivity index (χ0v) is 22.4. The number of carbonyl (C=O) groups is 1. The van der Waals surface area contributed by atoms with Gasteiger partial charge in [0.2, 0.25) is 0 Å². The topological polar surface area (TPSA) is 113 Å². The first-order valence-electron chi connectivity index (χ1n) is 13.1. The van der Waals surface area contributed by atoms with Crippen molar-refractivity contribution >= 4 is 11.7 Å². The van der Waals surface area contributed by atoms with Crippen molar-refractivity contribution in [1.29, 1.82) is 5.53 Å². The summed E-state index contributed by atoms with van der Waals surface area (Å²) in [7, 11) is 0. The van der Waals surface area contributed by atoms with Crippen LogP contribution in [0.2, 0.25) is 0 Å². The predicted molar refractivity (Wildman–Crippen MR) is 147 cm³/mol. The molecule has 1 amide bonds. The summed E-state index contributed by atoms with van der Waals surface area (Å²) in [4.78, 5) is 12.5. The monoisotopic (exact) mass is 551 g/mol. The molecule has 1 aliphatic rings. The maximum Gasteiger partial charge on any atom is 0.416 e. The summed E-state index contributed by atoms with van der Waals surface area (Å²) in [5, 5.41) is 8.86. The fourth-order valence-electron chi connectivity index (χ4n) is 5.31. The highest BCUT2D eigenvalue weighted by molar-refractivity contribution is 5.97. The Bertz CT molecular complexity index is 1360. The van der Waals surface area contributed by atoms with E-state index in [1.807, 2.05) is 38.1 Å². The van der Waals surface area contributed by atoms with E-state index in [2.05, 4.69) is 15.6 Å². The Morgan fingerprint density at radius 2 is 1.65 bits per heavy atom. The van der Waals surface area contributed by atoms with Gasteiger partial charge in [-0.1, -0.05) is 42.3 Å². The van der Waals surface area contributed by atoms with Gasteiger partial charge in [0.1, 0.15) is 17.7 Å². The molecule has 0 aromatic heterocycles. The molecule has 1 unspecified atom stereocenters. The van der Waals surface area contributed by atoms with E-state index in [-0.39, 0.29) is 24.4 Å². The number of rotatable bonds is 9. The van der Waals surface area contributed by atoms with Crippen LogP contribution in [-0.2, 0) is 6.18 Å². The smallest absolute Gasteiger partial charge is 0.416 e. The summed E-state index contributed by atoms with van der Waals surface area (Å²) in [5.41, 5.74) is 16.4. The van der Waals surface area contributed by atoms with E-state index >= 15 is 0 Å². The highest BCUT2D eigenvalue weighted by atomic mass is 19.4. The second-order valence-corrected chi connectivity index (χ2v) is 10.1. The quantitative estimate of drug-likeness (QED) is 0.112. The molecule has 3 aromatic rings. The molecule has 1 fully saturated rings. The van der Waals surface area contributed by atoms with Crippen molar-refractivity contribution in [2.75, 3.05) is 6.54 Å². The lowest BCUT2D eigenvalue weighted by Gasteiger charge is -2.26. The first kappa shape index (κ1) is 28.8. The third-order valence-corrected chi connectivity index (χ3v) is 7.21. The summed E-state index contributed by atoms with van der Waals surface area (Å²) in [6.07, 6.45) is -0.258. The van der Waals surface area contributed by atoms with Crippen LogP contribution in [0.25, 0.3) is 11.1 Å². The molecule has 1 saturated carbocycles. The van der Waals surface area contributed by atoms with Crippen LogP contribution in [-0.4, -0.2) is 18.3 Å². The van der Waals surface area contributed by atoms with Crippen molar-refractivity contribution in [2.24, 2.45) is 22.0 Å². The molecule has 10 heteroatoms. The summed E-state index contributed by atoms with van der Waals surface area (Å²) in [5.74, 6) is 0.723. The lowest BCUT2D eigenvalue weighted by Crippen LogP contribution is -2.33. The van der Waals surface area contributed by atoms with E-state index in [4.69, 9.17) is 16.0 Å². The number of ether oxygens (including phenoxy) is 1. The van der Waals surface area contributed by atoms with Gasteiger partial charge in [-0.05, 0) is 90.9 Å². The molecule has 7 nitrogen and oxygen atoms in total. The second kappa shape index (κ2) is 12.3. The number of nitrogens with one attached hydrogen (secondary N) is 2. The third-order valence-electron chi connectivity index (χ3n) is 7.21. The van der Waals surface area contributed by atoms with Crippen LogP contribution in [0, 0.1) is 25.3 Å². The van der Waals surface area contributed by atoms with Gasteiger partial charge in [0.15, 0.2) is 0 Å². The number of nitrogens with zero attached hydrogens (tertiary/aromatic N) is 2. The largest absolute Gasteiger partial charge is 0.485 e. The lowest BCUT2D eigenvalue weighted by atomic mass is 9.92. The number of hydrogen-bond donors (Lipinski definition) is 3. The van der Waals surface area contributed by atoms with Gasteiger partial charge in [0, 0.05) is 11.5 Å². The van der Waals surface area contributed by atoms with E-state index < -0.39 is 11.7 Å². The average molecular weight is 552 g/mol. The van der Waals surface area contributed by atoms with Crippen molar-refractivity contribution in [3.63, 3.8) is 0 Å². The number of benzene rings is 3. The Labute approximate surface area is 231 Å². The number of carbonyl (C=O) groups excluding carboxylic acids is 1. The predicted octanol–water partition coefficient (Wildman–Crippen LogP) is 7.33. The lowest BCUT2D eigenvalue weighted by molar-refractivity contribution is -0.137. The summed E-state index contributed by atoms with van der Waals surface area (Å²) in [6, 6.07) is 16.3. The Morgan fingerprint density at radius 3 is 2.20 bits per heavy atom. The van der Waals surface area contributed by atoms with Crippen LogP contribution in [0.5, 0.6) is 5.75 Å². The molecule has 40 heavy (non-hydrogen) atoms. The van der Waals surface area contributed by atoms with Crippen LogP contribution >= 0.6 is 0 Å². The van der Waals surface area contributed by atoms with Gasteiger partial charge in [-0.15, -0.1) is 5.10 Å². The molecule has 4 rings (SSSR count). The number of aryl methyl sites for hydroxylation is 2. The Kier molecular flexibility index (Phi) is 8.86. The van der Waals surface area contributed by atoms with Crippen LogP contribution in [0.4, 0.5) is 13.2 Å². The van der Waals surface area contributed by atoms with Crippen molar-refractivity contribution in [3.8, 4) is 16.9 Å². The molecule has 0 radical (unpaired) electrons. The highest BCUT2D eigenvalue weighted by Gasteiger charge is 2.31. The van der Waals surface area contributed by atoms with E-state index in [9.17, 15) is 18.0 Å². The molecule has 1 aliphatic carbocycles. The van der Waals surface area contributed by atoms with Gasteiger partial charge in [-0.2, -0.15) is 18.7 Å². The fourth-order valence-corrected chi connectivity index (χ4v) is 5.31. The van der Waals surface area contributed by atoms with Crippen LogP contribution < -0.4 is 15.8 Å². The minimum atomic E-state index is -4.38. The third kappa shape index (κ3) is 6.86. The van der Waals surface area contributed by atoms with E-state index in [0.717, 1.165) is 65.6 Å². The number of hydrogen-bond acceptors (Lipinski definition) is 4. The molecular formula is C30H32F3N5O2. The first-order chi connectivity index (χ1) is 19.1. The number of halogens is 3. The molecule has 0 aliphatic heterocycles. The Balaban J connectivity index is 1.55. The van der Waals surface area contributed by atoms with Gasteiger partial charge >= 0.3 is 6.18 Å². The second-order valence-electron chi connectivity index (χ2n) is 10.1. The Hall–Kier alpha value is -4.21.